The molecule has 0 amide bonds. The number of unbranched alkanes of at least 4 members (excludes halogenated alkanes) is 11. The van der Waals surface area contributed by atoms with E-state index in [1.807, 2.05) is 6.92 Å². The smallest absolute Gasteiger partial charge is 0.305 e. The largest absolute Gasteiger partial charge is 0.463 e. The summed E-state index contributed by atoms with van der Waals surface area (Å²) >= 11 is 0. The van der Waals surface area contributed by atoms with Crippen molar-refractivity contribution in [1.82, 2.24) is 0 Å². The predicted molar refractivity (Wildman–Crippen MR) is 97.8 cm³/mol. The van der Waals surface area contributed by atoms with Crippen LogP contribution >= 0.6 is 0 Å². The Bertz CT molecular complexity index is 241. The molecule has 3 heteroatoms. The summed E-state index contributed by atoms with van der Waals surface area (Å²) in [7, 11) is 0. The maximum Gasteiger partial charge on any atom is 0.305 e. The molecular formula is C20H40O3. The minimum absolute atomic E-state index is 0.110. The van der Waals surface area contributed by atoms with Crippen LogP contribution in [0.2, 0.25) is 0 Å². The van der Waals surface area contributed by atoms with Crippen LogP contribution < -0.4 is 0 Å². The molecule has 0 N–H and O–H groups in total. The summed E-state index contributed by atoms with van der Waals surface area (Å²) in [6.07, 6.45) is 17.7. The van der Waals surface area contributed by atoms with E-state index >= 15 is 0 Å². The van der Waals surface area contributed by atoms with Crippen LogP contribution in [0.3, 0.4) is 0 Å². The van der Waals surface area contributed by atoms with E-state index in [-0.39, 0.29) is 5.97 Å². The third kappa shape index (κ3) is 19.4. The maximum absolute atomic E-state index is 11.1. The molecule has 0 bridgehead atoms. The van der Waals surface area contributed by atoms with Crippen LogP contribution in [0, 0.1) is 0 Å². The van der Waals surface area contributed by atoms with Gasteiger partial charge in [-0.15, -0.1) is 0 Å². The summed E-state index contributed by atoms with van der Waals surface area (Å²) in [5.74, 6) is -0.110. The van der Waals surface area contributed by atoms with Crippen LogP contribution in [0.25, 0.3) is 0 Å². The van der Waals surface area contributed by atoms with Crippen LogP contribution in [-0.2, 0) is 14.3 Å². The van der Waals surface area contributed by atoms with Crippen LogP contribution in [0.5, 0.6) is 0 Å². The molecule has 0 aromatic heterocycles. The van der Waals surface area contributed by atoms with Crippen LogP contribution in [0.15, 0.2) is 0 Å². The first kappa shape index (κ1) is 22.4. The van der Waals surface area contributed by atoms with Crippen molar-refractivity contribution in [3.8, 4) is 0 Å². The van der Waals surface area contributed by atoms with Gasteiger partial charge in [-0.3, -0.25) is 4.79 Å². The van der Waals surface area contributed by atoms with Gasteiger partial charge in [0.05, 0.1) is 6.61 Å². The van der Waals surface area contributed by atoms with E-state index in [1.54, 1.807) is 0 Å². The van der Waals surface area contributed by atoms with Crippen molar-refractivity contribution in [3.05, 3.63) is 0 Å². The lowest BCUT2D eigenvalue weighted by Gasteiger charge is -2.06. The van der Waals surface area contributed by atoms with Gasteiger partial charge in [0.15, 0.2) is 0 Å². The number of hydrogen-bond acceptors (Lipinski definition) is 3. The summed E-state index contributed by atoms with van der Waals surface area (Å²) in [5.41, 5.74) is 0. The second-order valence-corrected chi connectivity index (χ2v) is 6.47. The van der Waals surface area contributed by atoms with Crippen molar-refractivity contribution in [3.63, 3.8) is 0 Å². The summed E-state index contributed by atoms with van der Waals surface area (Å²) in [6, 6.07) is 0. The van der Waals surface area contributed by atoms with E-state index in [4.69, 9.17) is 9.47 Å². The molecule has 0 fully saturated rings. The second kappa shape index (κ2) is 19.5. The predicted octanol–water partition coefficient (Wildman–Crippen LogP) is 6.05. The Kier molecular flexibility index (Phi) is 19.0. The topological polar surface area (TPSA) is 35.5 Å². The van der Waals surface area contributed by atoms with Gasteiger partial charge in [0.25, 0.3) is 0 Å². The summed E-state index contributed by atoms with van der Waals surface area (Å²) < 4.78 is 10.5. The molecule has 0 spiro atoms. The summed E-state index contributed by atoms with van der Waals surface area (Å²) in [6.45, 7) is 5.98. The third-order valence-corrected chi connectivity index (χ3v) is 4.09. The fourth-order valence-electron chi connectivity index (χ4n) is 2.64. The molecule has 0 rings (SSSR count). The van der Waals surface area contributed by atoms with Gasteiger partial charge < -0.3 is 9.47 Å². The molecule has 0 saturated heterocycles. The normalized spacial score (nSPS) is 10.9. The average Bonchev–Trinajstić information content (AvgIpc) is 2.54. The van der Waals surface area contributed by atoms with Crippen molar-refractivity contribution >= 4 is 5.97 Å². The number of ether oxygens (including phenoxy) is 2. The summed E-state index contributed by atoms with van der Waals surface area (Å²) in [5, 5.41) is 0. The molecule has 0 saturated carbocycles. The zero-order valence-electron chi connectivity index (χ0n) is 15.7. The number of rotatable bonds is 18. The van der Waals surface area contributed by atoms with Crippen LogP contribution in [0.1, 0.15) is 104 Å². The molecule has 0 aliphatic heterocycles. The molecular weight excluding hydrogens is 288 g/mol. The Morgan fingerprint density at radius 2 is 1.13 bits per heavy atom. The molecule has 0 unspecified atom stereocenters. The zero-order chi connectivity index (χ0) is 17.0. The van der Waals surface area contributed by atoms with Crippen LogP contribution in [0.4, 0.5) is 0 Å². The Morgan fingerprint density at radius 1 is 0.609 bits per heavy atom. The average molecular weight is 329 g/mol. The van der Waals surface area contributed by atoms with E-state index in [0.717, 1.165) is 19.4 Å². The number of hydrogen-bond donors (Lipinski definition) is 0. The van der Waals surface area contributed by atoms with Gasteiger partial charge in [-0.05, 0) is 12.8 Å². The highest BCUT2D eigenvalue weighted by molar-refractivity contribution is 5.69. The van der Waals surface area contributed by atoms with E-state index < -0.39 is 0 Å². The zero-order valence-corrected chi connectivity index (χ0v) is 15.7. The van der Waals surface area contributed by atoms with E-state index in [1.165, 1.54) is 70.6 Å². The van der Waals surface area contributed by atoms with Gasteiger partial charge in [-0.2, -0.15) is 0 Å². The van der Waals surface area contributed by atoms with E-state index in [9.17, 15) is 4.79 Å². The standard InChI is InChI=1S/C20H40O3/c1-3-5-6-7-8-9-10-11-12-13-14-15-17-22-18-19-23-20(21)16-4-2/h3-19H2,1-2H3. The van der Waals surface area contributed by atoms with Gasteiger partial charge >= 0.3 is 5.97 Å². The van der Waals surface area contributed by atoms with Crippen molar-refractivity contribution in [1.29, 1.82) is 0 Å². The molecule has 0 aromatic carbocycles. The highest BCUT2D eigenvalue weighted by Crippen LogP contribution is 2.11. The molecule has 0 heterocycles. The minimum atomic E-state index is -0.110. The van der Waals surface area contributed by atoms with Crippen molar-refractivity contribution in [2.75, 3.05) is 19.8 Å². The van der Waals surface area contributed by atoms with Gasteiger partial charge in [0, 0.05) is 13.0 Å². The number of carbonyl (C=O) groups is 1. The molecule has 23 heavy (non-hydrogen) atoms. The SMILES string of the molecule is CCCCCCCCCCCCCCOCCOC(=O)CCC. The van der Waals surface area contributed by atoms with Crippen molar-refractivity contribution in [2.45, 2.75) is 104 Å². The fourth-order valence-corrected chi connectivity index (χ4v) is 2.64. The second-order valence-electron chi connectivity index (χ2n) is 6.47. The Hall–Kier alpha value is -0.570. The highest BCUT2D eigenvalue weighted by Gasteiger charge is 1.99. The molecule has 0 aromatic rings. The Morgan fingerprint density at radius 3 is 1.65 bits per heavy atom. The lowest BCUT2D eigenvalue weighted by atomic mass is 10.1. The Balaban J connectivity index is 3.01. The number of esters is 1. The van der Waals surface area contributed by atoms with Gasteiger partial charge in [0.2, 0.25) is 0 Å². The molecule has 3 nitrogen and oxygen atoms in total. The lowest BCUT2D eigenvalue weighted by Crippen LogP contribution is -2.10. The lowest BCUT2D eigenvalue weighted by molar-refractivity contribution is -0.145. The van der Waals surface area contributed by atoms with E-state index in [2.05, 4.69) is 6.92 Å². The quantitative estimate of drug-likeness (QED) is 0.227. The monoisotopic (exact) mass is 328 g/mol. The number of carbonyl (C=O) groups excluding carboxylic acids is 1. The van der Waals surface area contributed by atoms with Gasteiger partial charge in [0.1, 0.15) is 6.61 Å². The van der Waals surface area contributed by atoms with Crippen LogP contribution in [-0.4, -0.2) is 25.8 Å². The summed E-state index contributed by atoms with van der Waals surface area (Å²) in [4.78, 5) is 11.1. The van der Waals surface area contributed by atoms with Crippen molar-refractivity contribution < 1.29 is 14.3 Å². The van der Waals surface area contributed by atoms with Gasteiger partial charge in [-0.25, -0.2) is 0 Å². The molecule has 0 aliphatic carbocycles. The molecule has 0 radical (unpaired) electrons. The first-order valence-corrected chi connectivity index (χ1v) is 10.0. The third-order valence-electron chi connectivity index (χ3n) is 4.09. The molecule has 138 valence electrons. The first-order chi connectivity index (χ1) is 11.3. The molecule has 0 atom stereocenters. The minimum Gasteiger partial charge on any atom is -0.463 e. The van der Waals surface area contributed by atoms with Crippen molar-refractivity contribution in [2.24, 2.45) is 0 Å². The fraction of sp³-hybridized carbons (Fsp3) is 0.950. The van der Waals surface area contributed by atoms with E-state index in [0.29, 0.717) is 19.6 Å². The maximum atomic E-state index is 11.1. The van der Waals surface area contributed by atoms with Gasteiger partial charge in [-0.1, -0.05) is 84.5 Å². The first-order valence-electron chi connectivity index (χ1n) is 10.0. The molecule has 0 aliphatic rings. The highest BCUT2D eigenvalue weighted by atomic mass is 16.6. The Labute approximate surface area is 144 Å².